The quantitative estimate of drug-likeness (QED) is 0.636. The molecule has 0 fully saturated rings. The average molecular weight is 378 g/mol. The minimum absolute atomic E-state index is 0.294. The average Bonchev–Trinajstić information content (AvgIpc) is 2.74. The van der Waals surface area contributed by atoms with Crippen LogP contribution in [-0.2, 0) is 27.3 Å². The van der Waals surface area contributed by atoms with Gasteiger partial charge >= 0.3 is 5.97 Å². The molecular weight excluding hydrogens is 360 g/mol. The van der Waals surface area contributed by atoms with E-state index in [1.165, 1.54) is 0 Å². The molecule has 0 radical (unpaired) electrons. The Bertz CT molecular complexity index is 1110. The molecule has 0 aliphatic carbocycles. The van der Waals surface area contributed by atoms with E-state index in [4.69, 9.17) is 4.74 Å². The lowest BCUT2D eigenvalue weighted by molar-refractivity contribution is -0.148. The molecule has 1 aliphatic heterocycles. The normalized spacial score (nSPS) is 13.2. The summed E-state index contributed by atoms with van der Waals surface area (Å²) < 4.78 is 6.02. The lowest BCUT2D eigenvalue weighted by Crippen LogP contribution is -2.39. The summed E-state index contributed by atoms with van der Waals surface area (Å²) in [5.41, 5.74) is 1.98. The van der Waals surface area contributed by atoms with Gasteiger partial charge in [-0.2, -0.15) is 4.68 Å². The maximum atomic E-state index is 12.5. The summed E-state index contributed by atoms with van der Waals surface area (Å²) in [6.07, 6.45) is 1.78. The van der Waals surface area contributed by atoms with E-state index < -0.39 is 18.1 Å². The number of ether oxygens (including phenoxy) is 1. The van der Waals surface area contributed by atoms with Gasteiger partial charge in [0.15, 0.2) is 6.61 Å². The monoisotopic (exact) mass is 378 g/mol. The van der Waals surface area contributed by atoms with Gasteiger partial charge in [0.05, 0.1) is 5.39 Å². The van der Waals surface area contributed by atoms with E-state index >= 15 is 0 Å². The van der Waals surface area contributed by atoms with E-state index in [0.29, 0.717) is 17.4 Å². The van der Waals surface area contributed by atoms with Crippen molar-refractivity contribution in [1.29, 1.82) is 0 Å². The van der Waals surface area contributed by atoms with Crippen LogP contribution in [0.15, 0.2) is 53.3 Å². The molecule has 0 atom stereocenters. The van der Waals surface area contributed by atoms with Crippen LogP contribution in [0.25, 0.3) is 10.9 Å². The Morgan fingerprint density at radius 1 is 1.07 bits per heavy atom. The molecule has 0 saturated carbocycles. The van der Waals surface area contributed by atoms with Crippen molar-refractivity contribution >= 4 is 28.5 Å². The van der Waals surface area contributed by atoms with E-state index in [1.54, 1.807) is 29.2 Å². The number of hydrogen-bond acceptors (Lipinski definition) is 6. The minimum Gasteiger partial charge on any atom is -0.454 e. The second-order valence-electron chi connectivity index (χ2n) is 6.51. The molecule has 1 aromatic heterocycles. The maximum Gasteiger partial charge on any atom is 0.328 e. The summed E-state index contributed by atoms with van der Waals surface area (Å²) in [6, 6.07) is 14.4. The zero-order valence-electron chi connectivity index (χ0n) is 15.1. The molecule has 28 heavy (non-hydrogen) atoms. The highest BCUT2D eigenvalue weighted by atomic mass is 16.5. The molecule has 142 valence electrons. The van der Waals surface area contributed by atoms with Crippen LogP contribution >= 0.6 is 0 Å². The van der Waals surface area contributed by atoms with Gasteiger partial charge in [0, 0.05) is 12.2 Å². The summed E-state index contributed by atoms with van der Waals surface area (Å²) >= 11 is 0. The van der Waals surface area contributed by atoms with Gasteiger partial charge in [-0.3, -0.25) is 14.4 Å². The number of amides is 1. The van der Waals surface area contributed by atoms with Gasteiger partial charge in [-0.15, -0.1) is 5.10 Å². The van der Waals surface area contributed by atoms with Crippen molar-refractivity contribution < 1.29 is 14.3 Å². The number of carbonyl (C=O) groups excluding carboxylic acids is 2. The molecule has 0 spiro atoms. The number of anilines is 1. The van der Waals surface area contributed by atoms with E-state index in [-0.39, 0.29) is 12.5 Å². The third kappa shape index (κ3) is 3.48. The minimum atomic E-state index is -0.717. The predicted octanol–water partition coefficient (Wildman–Crippen LogP) is 1.31. The Morgan fingerprint density at radius 2 is 1.86 bits per heavy atom. The van der Waals surface area contributed by atoms with Crippen LogP contribution in [0.3, 0.4) is 0 Å². The van der Waals surface area contributed by atoms with Crippen molar-refractivity contribution in [3.8, 4) is 0 Å². The Balaban J connectivity index is 1.41. The molecule has 2 aromatic carbocycles. The van der Waals surface area contributed by atoms with Crippen LogP contribution in [0.1, 0.15) is 12.0 Å². The summed E-state index contributed by atoms with van der Waals surface area (Å²) in [5, 5.41) is 8.04. The Hall–Kier alpha value is -3.55. The number of rotatable bonds is 4. The molecule has 8 nitrogen and oxygen atoms in total. The number of esters is 1. The topological polar surface area (TPSA) is 94.4 Å². The summed E-state index contributed by atoms with van der Waals surface area (Å²) in [6.45, 7) is -0.202. The van der Waals surface area contributed by atoms with Gasteiger partial charge in [-0.1, -0.05) is 35.5 Å². The van der Waals surface area contributed by atoms with Gasteiger partial charge in [-0.05, 0) is 36.6 Å². The van der Waals surface area contributed by atoms with Gasteiger partial charge in [-0.25, -0.2) is 0 Å². The fourth-order valence-electron chi connectivity index (χ4n) is 3.31. The highest BCUT2D eigenvalue weighted by Crippen LogP contribution is 2.26. The fourth-order valence-corrected chi connectivity index (χ4v) is 3.31. The van der Waals surface area contributed by atoms with E-state index in [0.717, 1.165) is 28.8 Å². The maximum absolute atomic E-state index is 12.5. The largest absolute Gasteiger partial charge is 0.454 e. The van der Waals surface area contributed by atoms with E-state index in [2.05, 4.69) is 10.3 Å². The second kappa shape index (κ2) is 7.59. The Morgan fingerprint density at radius 3 is 2.75 bits per heavy atom. The van der Waals surface area contributed by atoms with Crippen molar-refractivity contribution in [2.45, 2.75) is 19.4 Å². The molecule has 4 rings (SSSR count). The van der Waals surface area contributed by atoms with Crippen LogP contribution in [-0.4, -0.2) is 40.0 Å². The van der Waals surface area contributed by atoms with Gasteiger partial charge in [0.25, 0.3) is 11.5 Å². The highest BCUT2D eigenvalue weighted by Gasteiger charge is 2.23. The van der Waals surface area contributed by atoms with E-state index in [1.807, 2.05) is 24.3 Å². The van der Waals surface area contributed by atoms with Crippen LogP contribution in [0.4, 0.5) is 5.69 Å². The van der Waals surface area contributed by atoms with Crippen LogP contribution in [0.5, 0.6) is 0 Å². The molecular formula is C20H18N4O4. The van der Waals surface area contributed by atoms with Crippen LogP contribution in [0, 0.1) is 0 Å². The fraction of sp³-hybridized carbons (Fsp3) is 0.250. The van der Waals surface area contributed by atoms with Crippen molar-refractivity contribution in [3.05, 3.63) is 64.4 Å². The molecule has 0 bridgehead atoms. The summed E-state index contributed by atoms with van der Waals surface area (Å²) in [5.74, 6) is -1.01. The van der Waals surface area contributed by atoms with Crippen molar-refractivity contribution in [3.63, 3.8) is 0 Å². The molecule has 0 unspecified atom stereocenters. The van der Waals surface area contributed by atoms with Crippen molar-refractivity contribution in [2.75, 3.05) is 18.1 Å². The van der Waals surface area contributed by atoms with Gasteiger partial charge in [0.1, 0.15) is 12.1 Å². The number of benzene rings is 2. The molecule has 2 heterocycles. The number of fused-ring (bicyclic) bond motifs is 2. The first-order chi connectivity index (χ1) is 13.6. The molecule has 0 saturated heterocycles. The predicted molar refractivity (Wildman–Crippen MR) is 102 cm³/mol. The summed E-state index contributed by atoms with van der Waals surface area (Å²) in [4.78, 5) is 38.6. The zero-order valence-corrected chi connectivity index (χ0v) is 15.1. The number of aryl methyl sites for hydroxylation is 1. The third-order valence-electron chi connectivity index (χ3n) is 4.68. The number of para-hydroxylation sites is 1. The van der Waals surface area contributed by atoms with Crippen LogP contribution < -0.4 is 10.5 Å². The number of carbonyl (C=O) groups is 2. The molecule has 1 aliphatic rings. The van der Waals surface area contributed by atoms with Crippen LogP contribution in [0.2, 0.25) is 0 Å². The van der Waals surface area contributed by atoms with E-state index in [9.17, 15) is 14.4 Å². The first-order valence-corrected chi connectivity index (χ1v) is 9.00. The molecule has 3 aromatic rings. The highest BCUT2D eigenvalue weighted by molar-refractivity contribution is 5.96. The molecule has 0 N–H and O–H groups in total. The lowest BCUT2D eigenvalue weighted by Gasteiger charge is -2.29. The number of hydrogen-bond donors (Lipinski definition) is 0. The Kier molecular flexibility index (Phi) is 4.84. The first kappa shape index (κ1) is 17.8. The standard InChI is InChI=1S/C20H18N4O4/c25-18(23-11-5-7-14-6-1-4-10-17(14)23)13-28-19(26)12-24-20(27)15-8-2-3-9-16(15)21-22-24/h1-4,6,8-10H,5,7,11-13H2. The first-order valence-electron chi connectivity index (χ1n) is 9.00. The SMILES string of the molecule is O=C(Cn1nnc2ccccc2c1=O)OCC(=O)N1CCCc2ccccc21. The van der Waals surface area contributed by atoms with Crippen molar-refractivity contribution in [1.82, 2.24) is 15.0 Å². The van der Waals surface area contributed by atoms with Gasteiger partial charge < -0.3 is 9.64 Å². The third-order valence-corrected chi connectivity index (χ3v) is 4.68. The number of nitrogens with zero attached hydrogens (tertiary/aromatic N) is 4. The summed E-state index contributed by atoms with van der Waals surface area (Å²) in [7, 11) is 0. The Labute approximate surface area is 160 Å². The number of aromatic nitrogens is 3. The second-order valence-corrected chi connectivity index (χ2v) is 6.51. The molecule has 8 heteroatoms. The van der Waals surface area contributed by atoms with Gasteiger partial charge in [0.2, 0.25) is 0 Å². The smallest absolute Gasteiger partial charge is 0.328 e. The van der Waals surface area contributed by atoms with Crippen molar-refractivity contribution in [2.24, 2.45) is 0 Å². The molecule has 1 amide bonds. The zero-order chi connectivity index (χ0) is 19.5. The lowest BCUT2D eigenvalue weighted by atomic mass is 10.0.